The number of carbonyl (C=O) groups is 1. The van der Waals surface area contributed by atoms with Gasteiger partial charge in [-0.15, -0.1) is 11.3 Å². The van der Waals surface area contributed by atoms with Crippen LogP contribution in [0.1, 0.15) is 28.7 Å². The molecule has 2 heterocycles. The fourth-order valence-electron chi connectivity index (χ4n) is 1.52. The molecular formula is C11H14N4OS. The maximum atomic E-state index is 12.0. The molecule has 6 heteroatoms. The molecule has 0 spiro atoms. The topological polar surface area (TPSA) is 59.8 Å². The lowest BCUT2D eigenvalue weighted by Crippen LogP contribution is -2.15. The Morgan fingerprint density at radius 1 is 1.59 bits per heavy atom. The highest BCUT2D eigenvalue weighted by Gasteiger charge is 2.13. The Balaban J connectivity index is 2.13. The maximum absolute atomic E-state index is 12.0. The number of thiazole rings is 1. The van der Waals surface area contributed by atoms with Gasteiger partial charge in [-0.2, -0.15) is 5.10 Å². The van der Waals surface area contributed by atoms with Gasteiger partial charge >= 0.3 is 0 Å². The summed E-state index contributed by atoms with van der Waals surface area (Å²) in [5, 5.41) is 7.00. The molecule has 1 amide bonds. The van der Waals surface area contributed by atoms with E-state index in [0.717, 1.165) is 24.5 Å². The number of nitrogens with one attached hydrogen (secondary N) is 1. The Labute approximate surface area is 103 Å². The van der Waals surface area contributed by atoms with Crippen LogP contribution in [0.3, 0.4) is 0 Å². The van der Waals surface area contributed by atoms with Crippen molar-refractivity contribution in [2.75, 3.05) is 5.32 Å². The molecule has 0 aliphatic heterocycles. The van der Waals surface area contributed by atoms with Gasteiger partial charge in [-0.05, 0) is 13.3 Å². The first-order chi connectivity index (χ1) is 8.22. The fraction of sp³-hybridized carbons (Fsp3) is 0.364. The molecule has 5 nitrogen and oxygen atoms in total. The van der Waals surface area contributed by atoms with Crippen LogP contribution in [0.2, 0.25) is 0 Å². The Kier molecular flexibility index (Phi) is 3.53. The summed E-state index contributed by atoms with van der Waals surface area (Å²) in [6, 6.07) is 1.80. The molecule has 2 rings (SSSR count). The first kappa shape index (κ1) is 11.8. The molecule has 0 atom stereocenters. The smallest absolute Gasteiger partial charge is 0.268 e. The van der Waals surface area contributed by atoms with E-state index in [0.29, 0.717) is 4.88 Å². The number of carbonyl (C=O) groups excluding carboxylic acids is 1. The Morgan fingerprint density at radius 2 is 2.41 bits per heavy atom. The minimum atomic E-state index is -0.122. The third-order valence-corrected chi connectivity index (χ3v) is 3.27. The van der Waals surface area contributed by atoms with Gasteiger partial charge in [0.05, 0.1) is 17.4 Å². The molecule has 17 heavy (non-hydrogen) atoms. The molecule has 2 aromatic heterocycles. The van der Waals surface area contributed by atoms with Gasteiger partial charge < -0.3 is 5.32 Å². The molecule has 0 unspecified atom stereocenters. The van der Waals surface area contributed by atoms with Gasteiger partial charge in [-0.1, -0.05) is 6.92 Å². The number of hydrogen-bond donors (Lipinski definition) is 1. The van der Waals surface area contributed by atoms with E-state index < -0.39 is 0 Å². The second-order valence-corrected chi connectivity index (χ2v) is 4.52. The van der Waals surface area contributed by atoms with Crippen molar-refractivity contribution in [3.63, 3.8) is 0 Å². The zero-order valence-electron chi connectivity index (χ0n) is 9.80. The van der Waals surface area contributed by atoms with Crippen LogP contribution < -0.4 is 5.32 Å². The summed E-state index contributed by atoms with van der Waals surface area (Å²) >= 11 is 1.35. The van der Waals surface area contributed by atoms with E-state index in [2.05, 4.69) is 22.3 Å². The largest absolute Gasteiger partial charge is 0.306 e. The summed E-state index contributed by atoms with van der Waals surface area (Å²) in [6.45, 7) is 4.69. The highest BCUT2D eigenvalue weighted by Crippen LogP contribution is 2.15. The molecule has 0 saturated heterocycles. The van der Waals surface area contributed by atoms with Crippen molar-refractivity contribution >= 4 is 23.1 Å². The van der Waals surface area contributed by atoms with Crippen molar-refractivity contribution in [2.45, 2.75) is 26.8 Å². The summed E-state index contributed by atoms with van der Waals surface area (Å²) in [4.78, 5) is 16.7. The van der Waals surface area contributed by atoms with Crippen LogP contribution in [0, 0.1) is 6.92 Å². The van der Waals surface area contributed by atoms with E-state index in [4.69, 9.17) is 0 Å². The average Bonchev–Trinajstić information content (AvgIpc) is 2.89. The molecule has 0 aliphatic rings. The lowest BCUT2D eigenvalue weighted by molar-refractivity contribution is 0.102. The van der Waals surface area contributed by atoms with E-state index >= 15 is 0 Å². The van der Waals surface area contributed by atoms with E-state index in [1.165, 1.54) is 11.3 Å². The van der Waals surface area contributed by atoms with Gasteiger partial charge in [-0.3, -0.25) is 4.79 Å². The first-order valence-corrected chi connectivity index (χ1v) is 6.33. The molecule has 0 aliphatic carbocycles. The van der Waals surface area contributed by atoms with Crippen molar-refractivity contribution in [1.29, 1.82) is 0 Å². The van der Waals surface area contributed by atoms with Crippen molar-refractivity contribution in [1.82, 2.24) is 14.8 Å². The molecule has 2 aromatic rings. The SMILES string of the molecule is CCCn1nccc1NC(=O)c1scnc1C. The van der Waals surface area contributed by atoms with Crippen LogP contribution in [-0.4, -0.2) is 20.7 Å². The quantitative estimate of drug-likeness (QED) is 0.905. The van der Waals surface area contributed by atoms with E-state index in [1.807, 2.05) is 6.92 Å². The second kappa shape index (κ2) is 5.09. The zero-order valence-corrected chi connectivity index (χ0v) is 10.6. The summed E-state index contributed by atoms with van der Waals surface area (Å²) in [7, 11) is 0. The number of anilines is 1. The minimum absolute atomic E-state index is 0.122. The number of aryl methyl sites for hydroxylation is 2. The van der Waals surface area contributed by atoms with Crippen LogP contribution >= 0.6 is 11.3 Å². The third-order valence-electron chi connectivity index (χ3n) is 2.35. The summed E-state index contributed by atoms with van der Waals surface area (Å²) in [5.74, 6) is 0.604. The number of rotatable bonds is 4. The first-order valence-electron chi connectivity index (χ1n) is 5.45. The molecule has 0 bridgehead atoms. The van der Waals surface area contributed by atoms with Gasteiger partial charge in [0.25, 0.3) is 5.91 Å². The van der Waals surface area contributed by atoms with Gasteiger partial charge in [0, 0.05) is 12.6 Å². The molecular weight excluding hydrogens is 236 g/mol. The molecule has 90 valence electrons. The summed E-state index contributed by atoms with van der Waals surface area (Å²) in [6.07, 6.45) is 2.66. The summed E-state index contributed by atoms with van der Waals surface area (Å²) < 4.78 is 1.79. The highest BCUT2D eigenvalue weighted by molar-refractivity contribution is 7.12. The molecule has 0 fully saturated rings. The van der Waals surface area contributed by atoms with Gasteiger partial charge in [0.1, 0.15) is 10.7 Å². The van der Waals surface area contributed by atoms with Gasteiger partial charge in [0.15, 0.2) is 0 Å². The lowest BCUT2D eigenvalue weighted by Gasteiger charge is -2.07. The number of hydrogen-bond acceptors (Lipinski definition) is 4. The Hall–Kier alpha value is -1.69. The van der Waals surface area contributed by atoms with Crippen LogP contribution in [0.4, 0.5) is 5.82 Å². The predicted octanol–water partition coefficient (Wildman–Crippen LogP) is 2.31. The van der Waals surface area contributed by atoms with E-state index in [-0.39, 0.29) is 5.91 Å². The molecule has 1 N–H and O–H groups in total. The normalized spacial score (nSPS) is 10.5. The van der Waals surface area contributed by atoms with Gasteiger partial charge in [0.2, 0.25) is 0 Å². The Bertz CT molecular complexity index is 517. The van der Waals surface area contributed by atoms with Crippen LogP contribution in [-0.2, 0) is 6.54 Å². The monoisotopic (exact) mass is 250 g/mol. The average molecular weight is 250 g/mol. The third kappa shape index (κ3) is 2.52. The predicted molar refractivity (Wildman–Crippen MR) is 67.3 cm³/mol. The fourth-order valence-corrected chi connectivity index (χ4v) is 2.22. The van der Waals surface area contributed by atoms with Crippen molar-refractivity contribution in [2.24, 2.45) is 0 Å². The number of amides is 1. The highest BCUT2D eigenvalue weighted by atomic mass is 32.1. The van der Waals surface area contributed by atoms with Crippen LogP contribution in [0.15, 0.2) is 17.8 Å². The summed E-state index contributed by atoms with van der Waals surface area (Å²) in [5.41, 5.74) is 2.43. The van der Waals surface area contributed by atoms with Crippen molar-refractivity contribution in [3.05, 3.63) is 28.3 Å². The van der Waals surface area contributed by atoms with Crippen molar-refractivity contribution < 1.29 is 4.79 Å². The minimum Gasteiger partial charge on any atom is -0.306 e. The molecule has 0 aromatic carbocycles. The lowest BCUT2D eigenvalue weighted by atomic mass is 10.4. The second-order valence-electron chi connectivity index (χ2n) is 3.66. The van der Waals surface area contributed by atoms with E-state index in [9.17, 15) is 4.79 Å². The standard InChI is InChI=1S/C11H14N4OS/c1-3-6-15-9(4-5-13-15)14-11(16)10-8(2)12-7-17-10/h4-5,7H,3,6H2,1-2H3,(H,14,16). The maximum Gasteiger partial charge on any atom is 0.268 e. The number of nitrogens with zero attached hydrogens (tertiary/aromatic N) is 3. The van der Waals surface area contributed by atoms with Crippen molar-refractivity contribution in [3.8, 4) is 0 Å². The molecule has 0 radical (unpaired) electrons. The Morgan fingerprint density at radius 3 is 3.06 bits per heavy atom. The van der Waals surface area contributed by atoms with E-state index in [1.54, 1.807) is 22.5 Å². The van der Waals surface area contributed by atoms with Gasteiger partial charge in [-0.25, -0.2) is 9.67 Å². The number of aromatic nitrogens is 3. The zero-order chi connectivity index (χ0) is 12.3. The van der Waals surface area contributed by atoms with Crippen LogP contribution in [0.5, 0.6) is 0 Å². The van der Waals surface area contributed by atoms with Crippen LogP contribution in [0.25, 0.3) is 0 Å². The molecule has 0 saturated carbocycles.